The molecular weight excluding hydrogens is 261 g/mol. The summed E-state index contributed by atoms with van der Waals surface area (Å²) in [7, 11) is 0. The zero-order chi connectivity index (χ0) is 13.9. The van der Waals surface area contributed by atoms with Gasteiger partial charge in [-0.15, -0.1) is 0 Å². The van der Waals surface area contributed by atoms with Crippen LogP contribution in [-0.4, -0.2) is 35.1 Å². The number of carbonyl (C=O) groups excluding carboxylic acids is 1. The summed E-state index contributed by atoms with van der Waals surface area (Å²) >= 11 is 0. The third-order valence-electron chi connectivity index (χ3n) is 2.77. The maximum absolute atomic E-state index is 11.9. The number of nitrogens with zero attached hydrogens (tertiary/aromatic N) is 2. The minimum absolute atomic E-state index is 0.0288. The molecule has 7 heteroatoms. The molecule has 0 amide bonds. The van der Waals surface area contributed by atoms with Gasteiger partial charge in [-0.2, -0.15) is 13.2 Å². The molecule has 1 heterocycles. The Morgan fingerprint density at radius 3 is 2.84 bits per heavy atom. The second-order valence-corrected chi connectivity index (χ2v) is 4.34. The lowest BCUT2D eigenvalue weighted by molar-refractivity contribution is -0.173. The van der Waals surface area contributed by atoms with Crippen molar-refractivity contribution in [1.82, 2.24) is 9.97 Å². The van der Waals surface area contributed by atoms with E-state index in [0.717, 1.165) is 6.42 Å². The minimum atomic E-state index is -4.32. The van der Waals surface area contributed by atoms with Crippen molar-refractivity contribution < 1.29 is 22.7 Å². The Hall–Kier alpha value is -1.50. The van der Waals surface area contributed by atoms with Gasteiger partial charge in [0.15, 0.2) is 5.78 Å². The highest BCUT2D eigenvalue weighted by Gasteiger charge is 2.27. The average Bonchev–Trinajstić information content (AvgIpc) is 2.34. The topological polar surface area (TPSA) is 52.1 Å². The molecule has 1 aromatic rings. The lowest BCUT2D eigenvalue weighted by Gasteiger charge is -2.13. The van der Waals surface area contributed by atoms with E-state index in [1.54, 1.807) is 0 Å². The minimum Gasteiger partial charge on any atom is -0.372 e. The van der Waals surface area contributed by atoms with Crippen LogP contribution in [0.4, 0.5) is 13.2 Å². The number of aromatic nitrogens is 2. The molecule has 4 nitrogen and oxygen atoms in total. The van der Waals surface area contributed by atoms with Gasteiger partial charge in [-0.1, -0.05) is 0 Å². The number of hydrogen-bond acceptors (Lipinski definition) is 4. The molecule has 0 aliphatic heterocycles. The standard InChI is InChI=1S/C12H13F3N2O2/c13-12(14,15)7-19-5-4-11-16-6-8-9(17-11)2-1-3-10(8)18/h6H,1-5,7H2. The van der Waals surface area contributed by atoms with Gasteiger partial charge in [0, 0.05) is 19.0 Å². The Labute approximate surface area is 108 Å². The summed E-state index contributed by atoms with van der Waals surface area (Å²) in [6.45, 7) is -1.36. The van der Waals surface area contributed by atoms with Crippen LogP contribution in [0.5, 0.6) is 0 Å². The van der Waals surface area contributed by atoms with Crippen molar-refractivity contribution in [2.75, 3.05) is 13.2 Å². The lowest BCUT2D eigenvalue weighted by Crippen LogP contribution is -2.19. The first-order valence-corrected chi connectivity index (χ1v) is 5.98. The average molecular weight is 274 g/mol. The van der Waals surface area contributed by atoms with E-state index in [4.69, 9.17) is 0 Å². The molecular formula is C12H13F3N2O2. The number of halogens is 3. The Kier molecular flexibility index (Phi) is 4.14. The number of ketones is 1. The molecule has 0 spiro atoms. The summed E-state index contributed by atoms with van der Waals surface area (Å²) in [5.74, 6) is 0.441. The highest BCUT2D eigenvalue weighted by molar-refractivity contribution is 5.97. The summed E-state index contributed by atoms with van der Waals surface area (Å²) < 4.78 is 40.1. The predicted molar refractivity (Wildman–Crippen MR) is 59.9 cm³/mol. The highest BCUT2D eigenvalue weighted by atomic mass is 19.4. The maximum Gasteiger partial charge on any atom is 0.411 e. The molecule has 19 heavy (non-hydrogen) atoms. The van der Waals surface area contributed by atoms with Crippen LogP contribution in [0, 0.1) is 0 Å². The molecule has 1 aliphatic rings. The van der Waals surface area contributed by atoms with Gasteiger partial charge in [0.25, 0.3) is 0 Å². The Morgan fingerprint density at radius 1 is 1.32 bits per heavy atom. The SMILES string of the molecule is O=C1CCCc2nc(CCOCC(F)(F)F)ncc21. The van der Waals surface area contributed by atoms with Crippen LogP contribution in [0.25, 0.3) is 0 Å². The molecule has 0 atom stereocenters. The van der Waals surface area contributed by atoms with E-state index in [9.17, 15) is 18.0 Å². The van der Waals surface area contributed by atoms with Gasteiger partial charge in [0.05, 0.1) is 17.9 Å². The number of carbonyl (C=O) groups is 1. The van der Waals surface area contributed by atoms with E-state index in [-0.39, 0.29) is 18.8 Å². The molecule has 0 N–H and O–H groups in total. The second-order valence-electron chi connectivity index (χ2n) is 4.34. The van der Waals surface area contributed by atoms with Crippen LogP contribution in [0.15, 0.2) is 6.20 Å². The number of rotatable bonds is 4. The van der Waals surface area contributed by atoms with Gasteiger partial charge in [-0.05, 0) is 12.8 Å². The third-order valence-corrected chi connectivity index (χ3v) is 2.77. The summed E-state index contributed by atoms with van der Waals surface area (Å²) in [6.07, 6.45) is -0.680. The first kappa shape index (κ1) is 13.9. The molecule has 0 bridgehead atoms. The lowest BCUT2D eigenvalue weighted by atomic mass is 9.96. The summed E-state index contributed by atoms with van der Waals surface area (Å²) in [5.41, 5.74) is 1.23. The molecule has 0 fully saturated rings. The van der Waals surface area contributed by atoms with Crippen LogP contribution < -0.4 is 0 Å². The molecule has 1 aromatic heterocycles. The maximum atomic E-state index is 11.9. The number of Topliss-reactive ketones (excluding diaryl/α,β-unsaturated/α-hetero) is 1. The molecule has 0 aromatic carbocycles. The van der Waals surface area contributed by atoms with E-state index in [0.29, 0.717) is 29.9 Å². The van der Waals surface area contributed by atoms with Crippen molar-refractivity contribution >= 4 is 5.78 Å². The van der Waals surface area contributed by atoms with Crippen molar-refractivity contribution in [3.05, 3.63) is 23.3 Å². The number of hydrogen-bond donors (Lipinski definition) is 0. The van der Waals surface area contributed by atoms with E-state index in [1.807, 2.05) is 0 Å². The van der Waals surface area contributed by atoms with E-state index in [2.05, 4.69) is 14.7 Å². The van der Waals surface area contributed by atoms with Gasteiger partial charge in [-0.25, -0.2) is 9.97 Å². The van der Waals surface area contributed by atoms with Crippen molar-refractivity contribution in [3.8, 4) is 0 Å². The van der Waals surface area contributed by atoms with Crippen LogP contribution in [-0.2, 0) is 17.6 Å². The van der Waals surface area contributed by atoms with Crippen LogP contribution in [0.2, 0.25) is 0 Å². The number of alkyl halides is 3. The first-order valence-electron chi connectivity index (χ1n) is 5.98. The van der Waals surface area contributed by atoms with Crippen molar-refractivity contribution in [2.24, 2.45) is 0 Å². The van der Waals surface area contributed by atoms with Crippen molar-refractivity contribution in [2.45, 2.75) is 31.9 Å². The molecule has 104 valence electrons. The monoisotopic (exact) mass is 274 g/mol. The van der Waals surface area contributed by atoms with Gasteiger partial charge in [0.1, 0.15) is 12.4 Å². The summed E-state index contributed by atoms with van der Waals surface area (Å²) in [6, 6.07) is 0. The van der Waals surface area contributed by atoms with Gasteiger partial charge < -0.3 is 4.74 Å². The molecule has 0 saturated heterocycles. The van der Waals surface area contributed by atoms with E-state index in [1.165, 1.54) is 6.20 Å². The van der Waals surface area contributed by atoms with Gasteiger partial charge in [0.2, 0.25) is 0 Å². The Balaban J connectivity index is 1.90. The highest BCUT2D eigenvalue weighted by Crippen LogP contribution is 2.19. The smallest absolute Gasteiger partial charge is 0.372 e. The summed E-state index contributed by atoms with van der Waals surface area (Å²) in [5, 5.41) is 0. The normalized spacial score (nSPS) is 15.4. The first-order chi connectivity index (χ1) is 8.96. The van der Waals surface area contributed by atoms with Crippen molar-refractivity contribution in [3.63, 3.8) is 0 Å². The Bertz CT molecular complexity index is 475. The zero-order valence-electron chi connectivity index (χ0n) is 10.2. The van der Waals surface area contributed by atoms with Crippen molar-refractivity contribution in [1.29, 1.82) is 0 Å². The molecule has 0 radical (unpaired) electrons. The summed E-state index contributed by atoms with van der Waals surface area (Å²) in [4.78, 5) is 19.7. The third kappa shape index (κ3) is 3.99. The predicted octanol–water partition coefficient (Wildman–Crippen LogP) is 2.12. The van der Waals surface area contributed by atoms with Crippen LogP contribution >= 0.6 is 0 Å². The fraction of sp³-hybridized carbons (Fsp3) is 0.583. The van der Waals surface area contributed by atoms with Crippen LogP contribution in [0.3, 0.4) is 0 Å². The number of fused-ring (bicyclic) bond motifs is 1. The second kappa shape index (κ2) is 5.64. The molecule has 0 saturated carbocycles. The Morgan fingerprint density at radius 2 is 2.11 bits per heavy atom. The number of aryl methyl sites for hydroxylation is 1. The number of ether oxygens (including phenoxy) is 1. The quantitative estimate of drug-likeness (QED) is 0.789. The van der Waals surface area contributed by atoms with Crippen LogP contribution in [0.1, 0.15) is 34.7 Å². The van der Waals surface area contributed by atoms with E-state index < -0.39 is 12.8 Å². The fourth-order valence-corrected chi connectivity index (χ4v) is 1.90. The molecule has 0 unspecified atom stereocenters. The zero-order valence-corrected chi connectivity index (χ0v) is 10.2. The van der Waals surface area contributed by atoms with Gasteiger partial charge in [-0.3, -0.25) is 4.79 Å². The van der Waals surface area contributed by atoms with E-state index >= 15 is 0 Å². The largest absolute Gasteiger partial charge is 0.411 e. The molecule has 1 aliphatic carbocycles. The fourth-order valence-electron chi connectivity index (χ4n) is 1.90. The molecule has 2 rings (SSSR count). The van der Waals surface area contributed by atoms with Gasteiger partial charge >= 0.3 is 6.18 Å².